The average molecular weight is 331 g/mol. The first-order chi connectivity index (χ1) is 11.5. The highest BCUT2D eigenvalue weighted by atomic mass is 19.1. The standard InChI is InChI=1S/C18H18FNO4/c1-13(17(21)22)20(11-14-7-9-16(19)10-8-14)18(23)24-12-15-5-3-2-4-6-15/h2-10,13H,11-12H2,1H3,(H,21,22). The fourth-order valence-electron chi connectivity index (χ4n) is 2.08. The highest BCUT2D eigenvalue weighted by Crippen LogP contribution is 2.13. The second-order valence-corrected chi connectivity index (χ2v) is 5.31. The molecule has 6 heteroatoms. The van der Waals surface area contributed by atoms with Crippen LogP contribution < -0.4 is 0 Å². The second kappa shape index (κ2) is 8.10. The van der Waals surface area contributed by atoms with Crippen molar-refractivity contribution >= 4 is 12.1 Å². The number of carboxylic acid groups (broad SMARTS) is 1. The molecule has 0 heterocycles. The SMILES string of the molecule is CC(C(=O)O)N(Cc1ccc(F)cc1)C(=O)OCc1ccccc1. The summed E-state index contributed by atoms with van der Waals surface area (Å²) in [5.41, 5.74) is 1.41. The first-order valence-electron chi connectivity index (χ1n) is 7.42. The molecule has 0 aliphatic rings. The monoisotopic (exact) mass is 331 g/mol. The van der Waals surface area contributed by atoms with Crippen LogP contribution in [0.25, 0.3) is 0 Å². The Morgan fingerprint density at radius 3 is 2.29 bits per heavy atom. The number of aliphatic carboxylic acids is 1. The van der Waals surface area contributed by atoms with Crippen LogP contribution in [0.15, 0.2) is 54.6 Å². The van der Waals surface area contributed by atoms with Crippen molar-refractivity contribution in [2.45, 2.75) is 26.1 Å². The molecule has 0 saturated carbocycles. The van der Waals surface area contributed by atoms with Crippen molar-refractivity contribution in [1.29, 1.82) is 0 Å². The summed E-state index contributed by atoms with van der Waals surface area (Å²) < 4.78 is 18.2. The molecule has 2 aromatic rings. The number of amides is 1. The Hall–Kier alpha value is -2.89. The van der Waals surface area contributed by atoms with Gasteiger partial charge in [-0.05, 0) is 30.2 Å². The van der Waals surface area contributed by atoms with Crippen LogP contribution in [0.3, 0.4) is 0 Å². The number of nitrogens with zero attached hydrogens (tertiary/aromatic N) is 1. The molecular formula is C18H18FNO4. The molecule has 0 spiro atoms. The summed E-state index contributed by atoms with van der Waals surface area (Å²) in [6.07, 6.45) is -0.738. The predicted molar refractivity (Wildman–Crippen MR) is 85.7 cm³/mol. The van der Waals surface area contributed by atoms with E-state index in [1.54, 1.807) is 12.1 Å². The van der Waals surface area contributed by atoms with Gasteiger partial charge < -0.3 is 9.84 Å². The predicted octanol–water partition coefficient (Wildman–Crippen LogP) is 3.44. The van der Waals surface area contributed by atoms with Crippen LogP contribution in [0.1, 0.15) is 18.1 Å². The molecule has 126 valence electrons. The Kier molecular flexibility index (Phi) is 5.89. The number of rotatable bonds is 6. The third kappa shape index (κ3) is 4.81. The number of carboxylic acids is 1. The summed E-state index contributed by atoms with van der Waals surface area (Å²) in [7, 11) is 0. The fourth-order valence-corrected chi connectivity index (χ4v) is 2.08. The van der Waals surface area contributed by atoms with E-state index in [1.165, 1.54) is 31.2 Å². The van der Waals surface area contributed by atoms with Crippen LogP contribution >= 0.6 is 0 Å². The van der Waals surface area contributed by atoms with Crippen LogP contribution in [0.4, 0.5) is 9.18 Å². The van der Waals surface area contributed by atoms with Crippen molar-refractivity contribution in [3.8, 4) is 0 Å². The summed E-state index contributed by atoms with van der Waals surface area (Å²) >= 11 is 0. The molecule has 1 unspecified atom stereocenters. The Morgan fingerprint density at radius 2 is 1.71 bits per heavy atom. The largest absolute Gasteiger partial charge is 0.480 e. The van der Waals surface area contributed by atoms with Gasteiger partial charge in [-0.25, -0.2) is 14.0 Å². The minimum Gasteiger partial charge on any atom is -0.480 e. The Balaban J connectivity index is 2.08. The van der Waals surface area contributed by atoms with Gasteiger partial charge >= 0.3 is 12.1 Å². The van der Waals surface area contributed by atoms with Crippen molar-refractivity contribution in [3.05, 3.63) is 71.5 Å². The van der Waals surface area contributed by atoms with Gasteiger partial charge in [-0.15, -0.1) is 0 Å². The molecule has 0 bridgehead atoms. The lowest BCUT2D eigenvalue weighted by molar-refractivity contribution is -0.142. The molecule has 0 fully saturated rings. The third-order valence-electron chi connectivity index (χ3n) is 3.53. The number of benzene rings is 2. The van der Waals surface area contributed by atoms with Gasteiger partial charge in [0.2, 0.25) is 0 Å². The first kappa shape index (κ1) is 17.5. The van der Waals surface area contributed by atoms with Crippen molar-refractivity contribution in [2.24, 2.45) is 0 Å². The van der Waals surface area contributed by atoms with Gasteiger partial charge in [0.1, 0.15) is 18.5 Å². The number of ether oxygens (including phenoxy) is 1. The third-order valence-corrected chi connectivity index (χ3v) is 3.53. The molecule has 5 nitrogen and oxygen atoms in total. The maximum Gasteiger partial charge on any atom is 0.411 e. The van der Waals surface area contributed by atoms with E-state index < -0.39 is 23.9 Å². The summed E-state index contributed by atoms with van der Waals surface area (Å²) in [4.78, 5) is 24.7. The molecule has 1 N–H and O–H groups in total. The maximum atomic E-state index is 13.0. The van der Waals surface area contributed by atoms with Crippen LogP contribution in [0.5, 0.6) is 0 Å². The van der Waals surface area contributed by atoms with Gasteiger partial charge in [-0.2, -0.15) is 0 Å². The zero-order chi connectivity index (χ0) is 17.5. The minimum atomic E-state index is -1.14. The van der Waals surface area contributed by atoms with Crippen LogP contribution in [0, 0.1) is 5.82 Å². The molecule has 0 aliphatic carbocycles. The molecule has 2 aromatic carbocycles. The lowest BCUT2D eigenvalue weighted by Gasteiger charge is -2.26. The average Bonchev–Trinajstić information content (AvgIpc) is 2.59. The van der Waals surface area contributed by atoms with Gasteiger partial charge in [0.25, 0.3) is 0 Å². The van der Waals surface area contributed by atoms with E-state index in [-0.39, 0.29) is 13.2 Å². The summed E-state index contributed by atoms with van der Waals surface area (Å²) in [5.74, 6) is -1.54. The molecule has 1 amide bonds. The van der Waals surface area contributed by atoms with Gasteiger partial charge in [0, 0.05) is 6.54 Å². The molecule has 0 saturated heterocycles. The molecule has 24 heavy (non-hydrogen) atoms. The molecule has 0 radical (unpaired) electrons. The molecular weight excluding hydrogens is 313 g/mol. The van der Waals surface area contributed by atoms with Crippen molar-refractivity contribution in [1.82, 2.24) is 4.90 Å². The molecule has 1 atom stereocenters. The smallest absolute Gasteiger partial charge is 0.411 e. The number of carbonyl (C=O) groups is 2. The first-order valence-corrected chi connectivity index (χ1v) is 7.42. The Labute approximate surface area is 139 Å². The van der Waals surface area contributed by atoms with Gasteiger partial charge in [0.05, 0.1) is 0 Å². The number of hydrogen-bond donors (Lipinski definition) is 1. The van der Waals surface area contributed by atoms with Gasteiger partial charge in [-0.3, -0.25) is 4.90 Å². The lowest BCUT2D eigenvalue weighted by Crippen LogP contribution is -2.43. The molecule has 0 aromatic heterocycles. The van der Waals surface area contributed by atoms with E-state index in [4.69, 9.17) is 4.74 Å². The minimum absolute atomic E-state index is 0.0152. The van der Waals surface area contributed by atoms with Crippen molar-refractivity contribution in [2.75, 3.05) is 0 Å². The van der Waals surface area contributed by atoms with E-state index in [9.17, 15) is 19.1 Å². The van der Waals surface area contributed by atoms with Crippen LogP contribution in [-0.4, -0.2) is 28.1 Å². The van der Waals surface area contributed by atoms with Crippen LogP contribution in [0.2, 0.25) is 0 Å². The summed E-state index contributed by atoms with van der Waals surface area (Å²) in [6, 6.07) is 13.5. The highest BCUT2D eigenvalue weighted by molar-refractivity contribution is 5.79. The van der Waals surface area contributed by atoms with Crippen molar-refractivity contribution < 1.29 is 23.8 Å². The highest BCUT2D eigenvalue weighted by Gasteiger charge is 2.27. The van der Waals surface area contributed by atoms with E-state index in [0.717, 1.165) is 10.5 Å². The second-order valence-electron chi connectivity index (χ2n) is 5.31. The van der Waals surface area contributed by atoms with Gasteiger partial charge in [-0.1, -0.05) is 42.5 Å². The zero-order valence-corrected chi connectivity index (χ0v) is 13.2. The van der Waals surface area contributed by atoms with E-state index in [0.29, 0.717) is 5.56 Å². The van der Waals surface area contributed by atoms with Crippen molar-refractivity contribution in [3.63, 3.8) is 0 Å². The van der Waals surface area contributed by atoms with E-state index in [1.807, 2.05) is 18.2 Å². The quantitative estimate of drug-likeness (QED) is 0.880. The zero-order valence-electron chi connectivity index (χ0n) is 13.2. The fraction of sp³-hybridized carbons (Fsp3) is 0.222. The van der Waals surface area contributed by atoms with E-state index >= 15 is 0 Å². The summed E-state index contributed by atoms with van der Waals surface area (Å²) in [5, 5.41) is 9.20. The number of hydrogen-bond acceptors (Lipinski definition) is 3. The topological polar surface area (TPSA) is 66.8 Å². The normalized spacial score (nSPS) is 11.6. The van der Waals surface area contributed by atoms with Crippen LogP contribution in [-0.2, 0) is 22.7 Å². The Bertz CT molecular complexity index is 688. The summed E-state index contributed by atoms with van der Waals surface area (Å²) in [6.45, 7) is 1.46. The number of carbonyl (C=O) groups excluding carboxylic acids is 1. The Morgan fingerprint density at radius 1 is 1.08 bits per heavy atom. The lowest BCUT2D eigenvalue weighted by atomic mass is 10.2. The van der Waals surface area contributed by atoms with Gasteiger partial charge in [0.15, 0.2) is 0 Å². The number of halogens is 1. The molecule has 0 aliphatic heterocycles. The maximum absolute atomic E-state index is 13.0. The van der Waals surface area contributed by atoms with E-state index in [2.05, 4.69) is 0 Å². The molecule has 2 rings (SSSR count).